The van der Waals surface area contributed by atoms with Crippen LogP contribution in [0.25, 0.3) is 0 Å². The van der Waals surface area contributed by atoms with Crippen LogP contribution in [0.5, 0.6) is 0 Å². The van der Waals surface area contributed by atoms with Gasteiger partial charge in [-0.1, -0.05) is 6.92 Å². The molecule has 1 fully saturated rings. The van der Waals surface area contributed by atoms with Crippen LogP contribution in [-0.4, -0.2) is 40.9 Å². The third-order valence-corrected chi connectivity index (χ3v) is 4.15. The summed E-state index contributed by atoms with van der Waals surface area (Å²) in [5.74, 6) is -1.26. The van der Waals surface area contributed by atoms with E-state index in [0.29, 0.717) is 24.2 Å². The molecule has 0 aromatic heterocycles. The maximum atomic E-state index is 12.4. The molecule has 1 aromatic rings. The number of hydrogen-bond donors (Lipinski definition) is 2. The Balaban J connectivity index is 2.08. The van der Waals surface area contributed by atoms with Crippen LogP contribution in [0, 0.1) is 18.8 Å². The Kier molecular flexibility index (Phi) is 5.03. The number of anilines is 1. The van der Waals surface area contributed by atoms with Gasteiger partial charge in [-0.15, -0.1) is 0 Å². The number of aryl methyl sites for hydroxylation is 1. The summed E-state index contributed by atoms with van der Waals surface area (Å²) in [5, 5.41) is 12.0. The lowest BCUT2D eigenvalue weighted by atomic mass is 9.91. The van der Waals surface area contributed by atoms with E-state index >= 15 is 0 Å². The molecule has 1 saturated heterocycles. The maximum Gasteiger partial charge on any atom is 0.321 e. The van der Waals surface area contributed by atoms with Crippen molar-refractivity contribution in [1.82, 2.24) is 4.90 Å². The van der Waals surface area contributed by atoms with Crippen molar-refractivity contribution < 1.29 is 19.5 Å². The zero-order valence-electron chi connectivity index (χ0n) is 13.6. The fraction of sp³-hybridized carbons (Fsp3) is 0.471. The van der Waals surface area contributed by atoms with Gasteiger partial charge in [-0.3, -0.25) is 9.59 Å². The Morgan fingerprint density at radius 1 is 1.26 bits per heavy atom. The highest BCUT2D eigenvalue weighted by Gasteiger charge is 2.31. The second-order valence-corrected chi connectivity index (χ2v) is 6.30. The Hall–Kier alpha value is -2.37. The van der Waals surface area contributed by atoms with Gasteiger partial charge in [-0.25, -0.2) is 4.79 Å². The molecule has 124 valence electrons. The number of carboxylic acid groups (broad SMARTS) is 1. The highest BCUT2D eigenvalue weighted by atomic mass is 16.4. The highest BCUT2D eigenvalue weighted by molar-refractivity contribution is 5.97. The molecule has 0 saturated carbocycles. The van der Waals surface area contributed by atoms with Crippen LogP contribution in [0.3, 0.4) is 0 Å². The number of amides is 2. The van der Waals surface area contributed by atoms with Crippen LogP contribution in [0.15, 0.2) is 18.2 Å². The summed E-state index contributed by atoms with van der Waals surface area (Å²) in [6.07, 6.45) is 0.589. The van der Waals surface area contributed by atoms with E-state index in [1.807, 2.05) is 13.8 Å². The van der Waals surface area contributed by atoms with Gasteiger partial charge in [-0.2, -0.15) is 0 Å². The van der Waals surface area contributed by atoms with Crippen LogP contribution < -0.4 is 5.32 Å². The maximum absolute atomic E-state index is 12.4. The number of nitrogens with zero attached hydrogens (tertiary/aromatic N) is 1. The number of carbonyl (C=O) groups excluding carboxylic acids is 2. The molecule has 2 atom stereocenters. The van der Waals surface area contributed by atoms with Gasteiger partial charge in [0.1, 0.15) is 0 Å². The van der Waals surface area contributed by atoms with Gasteiger partial charge >= 0.3 is 12.0 Å². The molecule has 2 amide bonds. The molecule has 2 unspecified atom stereocenters. The second-order valence-electron chi connectivity index (χ2n) is 6.30. The van der Waals surface area contributed by atoms with Crippen LogP contribution in [0.2, 0.25) is 0 Å². The second kappa shape index (κ2) is 6.81. The van der Waals surface area contributed by atoms with Crippen molar-refractivity contribution >= 4 is 23.5 Å². The molecule has 0 aliphatic carbocycles. The SMILES string of the molecule is CC(=O)c1ccc(NC(=O)N2CC(C)CC(C(=O)O)C2)cc1C. The molecule has 2 rings (SSSR count). The van der Waals surface area contributed by atoms with Crippen LogP contribution in [-0.2, 0) is 4.79 Å². The number of carboxylic acids is 1. The summed E-state index contributed by atoms with van der Waals surface area (Å²) < 4.78 is 0. The number of nitrogens with one attached hydrogen (secondary N) is 1. The molecular formula is C17H22N2O4. The summed E-state index contributed by atoms with van der Waals surface area (Å²) in [5.41, 5.74) is 2.02. The van der Waals surface area contributed by atoms with E-state index in [1.165, 1.54) is 6.92 Å². The number of carbonyl (C=O) groups is 3. The number of likely N-dealkylation sites (tertiary alicyclic amines) is 1. The molecule has 0 spiro atoms. The highest BCUT2D eigenvalue weighted by Crippen LogP contribution is 2.23. The first-order valence-corrected chi connectivity index (χ1v) is 7.68. The van der Waals surface area contributed by atoms with E-state index in [1.54, 1.807) is 23.1 Å². The van der Waals surface area contributed by atoms with Gasteiger partial charge in [0.2, 0.25) is 0 Å². The molecule has 1 aliphatic heterocycles. The summed E-state index contributed by atoms with van der Waals surface area (Å²) >= 11 is 0. The van der Waals surface area contributed by atoms with Crippen molar-refractivity contribution in [2.24, 2.45) is 11.8 Å². The van der Waals surface area contributed by atoms with Crippen molar-refractivity contribution in [1.29, 1.82) is 0 Å². The molecule has 23 heavy (non-hydrogen) atoms. The van der Waals surface area contributed by atoms with Gasteiger partial charge in [0, 0.05) is 24.3 Å². The van der Waals surface area contributed by atoms with Crippen LogP contribution in [0.1, 0.15) is 36.2 Å². The molecule has 1 aliphatic rings. The molecule has 6 nitrogen and oxygen atoms in total. The average molecular weight is 318 g/mol. The Morgan fingerprint density at radius 2 is 1.96 bits per heavy atom. The quantitative estimate of drug-likeness (QED) is 0.839. The normalized spacial score (nSPS) is 20.9. The molecule has 2 N–H and O–H groups in total. The number of ketones is 1. The van der Waals surface area contributed by atoms with Crippen LogP contribution >= 0.6 is 0 Å². The topological polar surface area (TPSA) is 86.7 Å². The monoisotopic (exact) mass is 318 g/mol. The van der Waals surface area contributed by atoms with Crippen molar-refractivity contribution in [3.05, 3.63) is 29.3 Å². The number of urea groups is 1. The van der Waals surface area contributed by atoms with Crippen molar-refractivity contribution in [3.63, 3.8) is 0 Å². The number of piperidine rings is 1. The van der Waals surface area contributed by atoms with Crippen molar-refractivity contribution in [2.45, 2.75) is 27.2 Å². The van der Waals surface area contributed by atoms with E-state index in [2.05, 4.69) is 5.32 Å². The van der Waals surface area contributed by atoms with Gasteiger partial charge in [0.25, 0.3) is 0 Å². The summed E-state index contributed by atoms with van der Waals surface area (Å²) in [6.45, 7) is 6.02. The first-order valence-electron chi connectivity index (χ1n) is 7.68. The minimum Gasteiger partial charge on any atom is -0.481 e. The van der Waals surface area contributed by atoms with Crippen molar-refractivity contribution in [3.8, 4) is 0 Å². The minimum atomic E-state index is -0.865. The fourth-order valence-corrected chi connectivity index (χ4v) is 3.04. The third kappa shape index (κ3) is 4.09. The van der Waals surface area contributed by atoms with E-state index in [4.69, 9.17) is 0 Å². The van der Waals surface area contributed by atoms with Gasteiger partial charge in [0.15, 0.2) is 5.78 Å². The fourth-order valence-electron chi connectivity index (χ4n) is 3.04. The van der Waals surface area contributed by atoms with E-state index in [0.717, 1.165) is 5.56 Å². The molecule has 1 aromatic carbocycles. The lowest BCUT2D eigenvalue weighted by molar-refractivity contribution is -0.143. The molecular weight excluding hydrogens is 296 g/mol. The van der Waals surface area contributed by atoms with E-state index < -0.39 is 11.9 Å². The lowest BCUT2D eigenvalue weighted by Crippen LogP contribution is -2.47. The number of benzene rings is 1. The van der Waals surface area contributed by atoms with Crippen molar-refractivity contribution in [2.75, 3.05) is 18.4 Å². The number of rotatable bonds is 3. The summed E-state index contributed by atoms with van der Waals surface area (Å²) in [6, 6.07) is 4.81. The van der Waals surface area contributed by atoms with Gasteiger partial charge in [-0.05, 0) is 49.9 Å². The number of aliphatic carboxylic acids is 1. The first kappa shape index (κ1) is 17.0. The Bertz CT molecular complexity index is 641. The number of hydrogen-bond acceptors (Lipinski definition) is 3. The molecule has 1 heterocycles. The average Bonchev–Trinajstić information content (AvgIpc) is 2.46. The van der Waals surface area contributed by atoms with Gasteiger partial charge < -0.3 is 15.3 Å². The van der Waals surface area contributed by atoms with E-state index in [9.17, 15) is 19.5 Å². The van der Waals surface area contributed by atoms with Gasteiger partial charge in [0.05, 0.1) is 5.92 Å². The molecule has 0 bridgehead atoms. The Morgan fingerprint density at radius 3 is 2.52 bits per heavy atom. The Labute approximate surface area is 135 Å². The standard InChI is InChI=1S/C17H22N2O4/c1-10-6-13(16(21)22)9-19(8-10)17(23)18-14-4-5-15(12(3)20)11(2)7-14/h4-5,7,10,13H,6,8-9H2,1-3H3,(H,18,23)(H,21,22). The first-order chi connectivity index (χ1) is 10.8. The predicted molar refractivity (Wildman–Crippen MR) is 86.7 cm³/mol. The largest absolute Gasteiger partial charge is 0.481 e. The molecule has 6 heteroatoms. The summed E-state index contributed by atoms with van der Waals surface area (Å²) in [7, 11) is 0. The predicted octanol–water partition coefficient (Wildman–Crippen LogP) is 2.77. The number of Topliss-reactive ketones (excluding diaryl/α,β-unsaturated/α-hetero) is 1. The van der Waals surface area contributed by atoms with Crippen LogP contribution in [0.4, 0.5) is 10.5 Å². The minimum absolute atomic E-state index is 0.0190. The zero-order valence-corrected chi connectivity index (χ0v) is 13.6. The third-order valence-electron chi connectivity index (χ3n) is 4.15. The molecule has 0 radical (unpaired) electrons. The van der Waals surface area contributed by atoms with E-state index in [-0.39, 0.29) is 24.3 Å². The lowest BCUT2D eigenvalue weighted by Gasteiger charge is -2.34. The summed E-state index contributed by atoms with van der Waals surface area (Å²) in [4.78, 5) is 36.5. The smallest absolute Gasteiger partial charge is 0.321 e. The zero-order chi connectivity index (χ0) is 17.1.